The van der Waals surface area contributed by atoms with Gasteiger partial charge in [0.1, 0.15) is 11.7 Å². The third kappa shape index (κ3) is 3.11. The van der Waals surface area contributed by atoms with Gasteiger partial charge in [0, 0.05) is 11.1 Å². The Bertz CT molecular complexity index is 1130. The molecule has 0 atom stereocenters. The quantitative estimate of drug-likeness (QED) is 0.691. The van der Waals surface area contributed by atoms with Crippen molar-refractivity contribution in [3.8, 4) is 5.69 Å². The molecule has 1 aliphatic rings. The molecule has 2 N–H and O–H groups in total. The highest BCUT2D eigenvalue weighted by molar-refractivity contribution is 6.04. The van der Waals surface area contributed by atoms with E-state index in [0.717, 1.165) is 16.7 Å². The van der Waals surface area contributed by atoms with Crippen molar-refractivity contribution < 1.29 is 22.7 Å². The fourth-order valence-corrected chi connectivity index (χ4v) is 3.02. The number of nitrogens with two attached hydrogens (primary N) is 1. The number of ether oxygens (including phenoxy) is 1. The number of pyridine rings is 1. The molecule has 1 saturated carbocycles. The molecule has 0 saturated heterocycles. The monoisotopic (exact) mass is 388 g/mol. The maximum atomic E-state index is 13.2. The number of benzene rings is 2. The van der Waals surface area contributed by atoms with Crippen LogP contribution in [0.4, 0.5) is 18.9 Å². The lowest BCUT2D eigenvalue weighted by Gasteiger charge is -2.17. The number of halogens is 3. The minimum Gasteiger partial charge on any atom is -0.459 e. The third-order valence-electron chi connectivity index (χ3n) is 4.56. The molecule has 1 aliphatic carbocycles. The molecule has 2 aromatic carbocycles. The van der Waals surface area contributed by atoms with E-state index in [0.29, 0.717) is 18.5 Å². The molecule has 144 valence electrons. The number of fused-ring (bicyclic) bond motifs is 1. The number of nitrogen functional groups attached to an aromatic ring is 1. The largest absolute Gasteiger partial charge is 0.459 e. The number of nitrogens with zero attached hydrogens (tertiary/aromatic N) is 1. The van der Waals surface area contributed by atoms with E-state index in [2.05, 4.69) is 0 Å². The van der Waals surface area contributed by atoms with Gasteiger partial charge in [-0.1, -0.05) is 24.3 Å². The summed E-state index contributed by atoms with van der Waals surface area (Å²) < 4.78 is 45.9. The van der Waals surface area contributed by atoms with Crippen LogP contribution in [0.1, 0.15) is 28.8 Å². The molecule has 0 aliphatic heterocycles. The molecule has 4 rings (SSSR count). The minimum atomic E-state index is -4.59. The number of anilines is 1. The van der Waals surface area contributed by atoms with Gasteiger partial charge in [-0.3, -0.25) is 9.36 Å². The van der Waals surface area contributed by atoms with Gasteiger partial charge < -0.3 is 10.5 Å². The van der Waals surface area contributed by atoms with Crippen molar-refractivity contribution in [2.24, 2.45) is 0 Å². The van der Waals surface area contributed by atoms with Gasteiger partial charge in [-0.05, 0) is 37.1 Å². The number of hydrogen-bond donors (Lipinski definition) is 1. The van der Waals surface area contributed by atoms with Crippen molar-refractivity contribution in [3.05, 3.63) is 70.0 Å². The Hall–Kier alpha value is -3.29. The Labute approximate surface area is 157 Å². The van der Waals surface area contributed by atoms with E-state index in [1.807, 2.05) is 0 Å². The molecule has 28 heavy (non-hydrogen) atoms. The minimum absolute atomic E-state index is 0.0357. The fraction of sp³-hybridized carbons (Fsp3) is 0.200. The van der Waals surface area contributed by atoms with Crippen LogP contribution in [-0.2, 0) is 10.9 Å². The molecular weight excluding hydrogens is 373 g/mol. The Balaban J connectivity index is 2.05. The lowest BCUT2D eigenvalue weighted by molar-refractivity contribution is -0.137. The summed E-state index contributed by atoms with van der Waals surface area (Å²) in [5, 5.41) is 0.166. The van der Waals surface area contributed by atoms with Gasteiger partial charge in [-0.2, -0.15) is 13.2 Å². The lowest BCUT2D eigenvalue weighted by Crippen LogP contribution is -2.29. The molecule has 0 unspecified atom stereocenters. The fourth-order valence-electron chi connectivity index (χ4n) is 3.02. The van der Waals surface area contributed by atoms with Crippen molar-refractivity contribution in [2.45, 2.75) is 25.1 Å². The Morgan fingerprint density at radius 2 is 1.79 bits per heavy atom. The van der Waals surface area contributed by atoms with E-state index >= 15 is 0 Å². The Morgan fingerprint density at radius 1 is 1.11 bits per heavy atom. The van der Waals surface area contributed by atoms with Crippen LogP contribution in [0.15, 0.2) is 53.3 Å². The Morgan fingerprint density at radius 3 is 2.39 bits per heavy atom. The first kappa shape index (κ1) is 18.1. The molecule has 0 spiro atoms. The molecule has 0 bridgehead atoms. The van der Waals surface area contributed by atoms with Gasteiger partial charge >= 0.3 is 12.1 Å². The topological polar surface area (TPSA) is 74.3 Å². The van der Waals surface area contributed by atoms with E-state index in [9.17, 15) is 22.8 Å². The highest BCUT2D eigenvalue weighted by atomic mass is 19.4. The van der Waals surface area contributed by atoms with Gasteiger partial charge in [0.25, 0.3) is 5.56 Å². The van der Waals surface area contributed by atoms with Crippen molar-refractivity contribution in [1.29, 1.82) is 0 Å². The number of carbonyl (C=O) groups excluding carboxylic acids is 1. The molecule has 1 aromatic heterocycles. The smallest absolute Gasteiger partial charge is 0.416 e. The molecule has 0 radical (unpaired) electrons. The van der Waals surface area contributed by atoms with Crippen LogP contribution in [0.5, 0.6) is 0 Å². The average Bonchev–Trinajstić information content (AvgIpc) is 3.45. The van der Waals surface area contributed by atoms with Crippen molar-refractivity contribution in [3.63, 3.8) is 0 Å². The number of aromatic nitrogens is 1. The SMILES string of the molecule is Nc1c(C(=O)OC2CC2)c(=O)n(-c2ccccc2)c2cc(C(F)(F)F)ccc12. The number of esters is 1. The van der Waals surface area contributed by atoms with E-state index < -0.39 is 23.3 Å². The van der Waals surface area contributed by atoms with Crippen molar-refractivity contribution in [2.75, 3.05) is 5.73 Å². The third-order valence-corrected chi connectivity index (χ3v) is 4.56. The van der Waals surface area contributed by atoms with Gasteiger partial charge in [0.15, 0.2) is 0 Å². The molecule has 0 amide bonds. The van der Waals surface area contributed by atoms with Crippen LogP contribution in [0.2, 0.25) is 0 Å². The normalized spacial score (nSPS) is 14.2. The number of para-hydroxylation sites is 1. The van der Waals surface area contributed by atoms with Crippen LogP contribution >= 0.6 is 0 Å². The van der Waals surface area contributed by atoms with E-state index in [1.165, 1.54) is 6.07 Å². The predicted molar refractivity (Wildman–Crippen MR) is 97.4 cm³/mol. The summed E-state index contributed by atoms with van der Waals surface area (Å²) in [6, 6.07) is 11.0. The zero-order chi connectivity index (χ0) is 20.1. The van der Waals surface area contributed by atoms with E-state index in [4.69, 9.17) is 10.5 Å². The molecule has 1 fully saturated rings. The maximum absolute atomic E-state index is 13.2. The number of rotatable bonds is 3. The molecule has 1 heterocycles. The van der Waals surface area contributed by atoms with Gasteiger partial charge in [0.05, 0.1) is 16.8 Å². The second kappa shape index (κ2) is 6.40. The summed E-state index contributed by atoms with van der Waals surface area (Å²) in [7, 11) is 0. The highest BCUT2D eigenvalue weighted by Gasteiger charge is 2.33. The van der Waals surface area contributed by atoms with Gasteiger partial charge in [-0.15, -0.1) is 0 Å². The standard InChI is InChI=1S/C20H15F3N2O3/c21-20(22,23)11-6-9-14-15(10-11)25(12-4-2-1-3-5-12)18(26)16(17(14)24)19(27)28-13-7-8-13/h1-6,9-10,13H,7-8,24H2. The number of carbonyl (C=O) groups is 1. The second-order valence-electron chi connectivity index (χ2n) is 6.60. The summed E-state index contributed by atoms with van der Waals surface area (Å²) in [5.41, 5.74) is 4.01. The first-order chi connectivity index (χ1) is 13.3. The summed E-state index contributed by atoms with van der Waals surface area (Å²) >= 11 is 0. The van der Waals surface area contributed by atoms with Crippen molar-refractivity contribution in [1.82, 2.24) is 4.57 Å². The van der Waals surface area contributed by atoms with Gasteiger partial charge in [-0.25, -0.2) is 4.79 Å². The van der Waals surface area contributed by atoms with Crippen LogP contribution in [0, 0.1) is 0 Å². The summed E-state index contributed by atoms with van der Waals surface area (Å²) in [6.45, 7) is 0. The Kier molecular flexibility index (Phi) is 4.14. The number of alkyl halides is 3. The van der Waals surface area contributed by atoms with Gasteiger partial charge in [0.2, 0.25) is 0 Å². The highest BCUT2D eigenvalue weighted by Crippen LogP contribution is 2.34. The van der Waals surface area contributed by atoms with Crippen LogP contribution < -0.4 is 11.3 Å². The van der Waals surface area contributed by atoms with Crippen LogP contribution in [0.3, 0.4) is 0 Å². The zero-order valence-electron chi connectivity index (χ0n) is 14.5. The molecule has 8 heteroatoms. The zero-order valence-corrected chi connectivity index (χ0v) is 14.5. The summed E-state index contributed by atoms with van der Waals surface area (Å²) in [5.74, 6) is -0.864. The van der Waals surface area contributed by atoms with Crippen molar-refractivity contribution >= 4 is 22.6 Å². The van der Waals surface area contributed by atoms with E-state index in [1.54, 1.807) is 30.3 Å². The summed E-state index contributed by atoms with van der Waals surface area (Å²) in [6.07, 6.45) is -3.42. The first-order valence-corrected chi connectivity index (χ1v) is 8.59. The summed E-state index contributed by atoms with van der Waals surface area (Å²) in [4.78, 5) is 25.6. The number of hydrogen-bond acceptors (Lipinski definition) is 4. The molecule has 5 nitrogen and oxygen atoms in total. The van der Waals surface area contributed by atoms with E-state index in [-0.39, 0.29) is 28.3 Å². The molecular formula is C20H15F3N2O3. The lowest BCUT2D eigenvalue weighted by atomic mass is 10.1. The van der Waals surface area contributed by atoms with Crippen LogP contribution in [0.25, 0.3) is 16.6 Å². The average molecular weight is 388 g/mol. The maximum Gasteiger partial charge on any atom is 0.416 e. The first-order valence-electron chi connectivity index (χ1n) is 8.59. The van der Waals surface area contributed by atoms with Crippen LogP contribution in [-0.4, -0.2) is 16.6 Å². The predicted octanol–water partition coefficient (Wildman–Crippen LogP) is 3.91. The molecule has 3 aromatic rings. The second-order valence-corrected chi connectivity index (χ2v) is 6.60.